The molecule has 0 spiro atoms. The van der Waals surface area contributed by atoms with Crippen molar-refractivity contribution in [3.8, 4) is 0 Å². The molecule has 0 amide bonds. The number of nitrogens with zero attached hydrogens (tertiary/aromatic N) is 3. The standard InChI is InChI=1S/C18H19N5O3S/c1-11-8-16(23-22-11)20-15-9-13(10-25-2)19-18(21-15)27-14-6-4-12(5-7-14)17(24)26-3/h4-9H,10H2,1-3H3,(H2,19,20,21,22,23). The maximum atomic E-state index is 11.5. The third-order valence-electron chi connectivity index (χ3n) is 3.50. The zero-order valence-electron chi connectivity index (χ0n) is 15.1. The minimum atomic E-state index is -0.370. The van der Waals surface area contributed by atoms with Crippen LogP contribution in [-0.2, 0) is 16.1 Å². The Kier molecular flexibility index (Phi) is 6.05. The number of aryl methyl sites for hydroxylation is 1. The molecule has 0 saturated carbocycles. The fourth-order valence-corrected chi connectivity index (χ4v) is 3.09. The maximum absolute atomic E-state index is 11.5. The first-order valence-electron chi connectivity index (χ1n) is 8.09. The molecule has 0 aliphatic carbocycles. The van der Waals surface area contributed by atoms with E-state index in [0.717, 1.165) is 16.3 Å². The lowest BCUT2D eigenvalue weighted by molar-refractivity contribution is 0.0600. The summed E-state index contributed by atoms with van der Waals surface area (Å²) in [7, 11) is 2.97. The minimum absolute atomic E-state index is 0.367. The number of aromatic nitrogens is 4. The number of methoxy groups -OCH3 is 2. The monoisotopic (exact) mass is 385 g/mol. The quantitative estimate of drug-likeness (QED) is 0.472. The molecule has 1 aromatic carbocycles. The van der Waals surface area contributed by atoms with Gasteiger partial charge in [0.05, 0.1) is 25.0 Å². The first-order valence-corrected chi connectivity index (χ1v) is 8.91. The summed E-state index contributed by atoms with van der Waals surface area (Å²) in [5.74, 6) is 0.927. The lowest BCUT2D eigenvalue weighted by Crippen LogP contribution is -2.02. The van der Waals surface area contributed by atoms with E-state index in [1.165, 1.54) is 18.9 Å². The molecule has 140 valence electrons. The summed E-state index contributed by atoms with van der Waals surface area (Å²) in [6, 6.07) is 10.8. The van der Waals surface area contributed by atoms with E-state index in [9.17, 15) is 4.79 Å². The van der Waals surface area contributed by atoms with Gasteiger partial charge in [0.25, 0.3) is 0 Å². The third kappa shape index (κ3) is 5.05. The highest BCUT2D eigenvalue weighted by Crippen LogP contribution is 2.27. The van der Waals surface area contributed by atoms with Gasteiger partial charge in [0.1, 0.15) is 5.82 Å². The molecule has 0 unspecified atom stereocenters. The van der Waals surface area contributed by atoms with Crippen molar-refractivity contribution in [3.05, 3.63) is 53.3 Å². The van der Waals surface area contributed by atoms with Crippen LogP contribution in [0.25, 0.3) is 0 Å². The van der Waals surface area contributed by atoms with Crippen molar-refractivity contribution in [1.29, 1.82) is 0 Å². The van der Waals surface area contributed by atoms with E-state index in [2.05, 4.69) is 25.5 Å². The van der Waals surface area contributed by atoms with E-state index in [0.29, 0.717) is 29.0 Å². The van der Waals surface area contributed by atoms with Crippen molar-refractivity contribution < 1.29 is 14.3 Å². The Morgan fingerprint density at radius 2 is 1.93 bits per heavy atom. The van der Waals surface area contributed by atoms with E-state index in [1.807, 2.05) is 31.2 Å². The molecule has 0 radical (unpaired) electrons. The third-order valence-corrected chi connectivity index (χ3v) is 4.37. The summed E-state index contributed by atoms with van der Waals surface area (Å²) in [5.41, 5.74) is 2.19. The second-order valence-electron chi connectivity index (χ2n) is 5.64. The zero-order valence-corrected chi connectivity index (χ0v) is 16.0. The highest BCUT2D eigenvalue weighted by atomic mass is 32.2. The number of anilines is 2. The van der Waals surface area contributed by atoms with Gasteiger partial charge in [0.2, 0.25) is 0 Å². The average Bonchev–Trinajstić information content (AvgIpc) is 3.06. The normalized spacial score (nSPS) is 10.6. The molecule has 2 N–H and O–H groups in total. The van der Waals surface area contributed by atoms with Crippen LogP contribution in [0.1, 0.15) is 21.7 Å². The summed E-state index contributed by atoms with van der Waals surface area (Å²) in [6.07, 6.45) is 0. The summed E-state index contributed by atoms with van der Waals surface area (Å²) >= 11 is 1.39. The van der Waals surface area contributed by atoms with E-state index in [1.54, 1.807) is 19.2 Å². The highest BCUT2D eigenvalue weighted by Gasteiger charge is 2.10. The molecule has 8 nitrogen and oxygen atoms in total. The second kappa shape index (κ2) is 8.65. The molecule has 9 heteroatoms. The van der Waals surface area contributed by atoms with Crippen molar-refractivity contribution in [1.82, 2.24) is 20.2 Å². The molecule has 0 aliphatic rings. The predicted octanol–water partition coefficient (Wildman–Crippen LogP) is 3.34. The van der Waals surface area contributed by atoms with Gasteiger partial charge in [0.15, 0.2) is 11.0 Å². The smallest absolute Gasteiger partial charge is 0.337 e. The molecule has 3 aromatic rings. The molecular weight excluding hydrogens is 366 g/mol. The first-order chi connectivity index (χ1) is 13.1. The number of hydrogen-bond acceptors (Lipinski definition) is 8. The van der Waals surface area contributed by atoms with Gasteiger partial charge in [-0.3, -0.25) is 5.10 Å². The Bertz CT molecular complexity index is 927. The van der Waals surface area contributed by atoms with Crippen molar-refractivity contribution >= 4 is 29.4 Å². The van der Waals surface area contributed by atoms with Crippen LogP contribution >= 0.6 is 11.8 Å². The Morgan fingerprint density at radius 1 is 1.15 bits per heavy atom. The van der Waals surface area contributed by atoms with Gasteiger partial charge in [-0.1, -0.05) is 0 Å². The number of aromatic amines is 1. The number of H-pyrrole nitrogens is 1. The summed E-state index contributed by atoms with van der Waals surface area (Å²) in [4.78, 5) is 21.5. The van der Waals surface area contributed by atoms with Crippen molar-refractivity contribution in [3.63, 3.8) is 0 Å². The van der Waals surface area contributed by atoms with Crippen LogP contribution in [0.4, 0.5) is 11.6 Å². The van der Waals surface area contributed by atoms with Crippen LogP contribution in [0.2, 0.25) is 0 Å². The molecule has 3 rings (SSSR count). The molecule has 27 heavy (non-hydrogen) atoms. The molecule has 0 saturated heterocycles. The van der Waals surface area contributed by atoms with Gasteiger partial charge in [-0.15, -0.1) is 0 Å². The van der Waals surface area contributed by atoms with Crippen LogP contribution in [0, 0.1) is 6.92 Å². The van der Waals surface area contributed by atoms with Crippen LogP contribution < -0.4 is 5.32 Å². The van der Waals surface area contributed by atoms with Crippen molar-refractivity contribution in [2.45, 2.75) is 23.6 Å². The van der Waals surface area contributed by atoms with E-state index in [-0.39, 0.29) is 5.97 Å². The number of carbonyl (C=O) groups is 1. The number of hydrogen-bond donors (Lipinski definition) is 2. The number of carbonyl (C=O) groups excluding carboxylic acids is 1. The van der Waals surface area contributed by atoms with Gasteiger partial charge in [-0.05, 0) is 43.0 Å². The number of nitrogens with one attached hydrogen (secondary N) is 2. The number of ether oxygens (including phenoxy) is 2. The Morgan fingerprint density at radius 3 is 2.56 bits per heavy atom. The van der Waals surface area contributed by atoms with Gasteiger partial charge in [-0.2, -0.15) is 5.10 Å². The fraction of sp³-hybridized carbons (Fsp3) is 0.222. The Hall–Kier alpha value is -2.91. The molecule has 0 atom stereocenters. The van der Waals surface area contributed by atoms with Gasteiger partial charge >= 0.3 is 5.97 Å². The number of benzene rings is 1. The molecule has 0 fully saturated rings. The summed E-state index contributed by atoms with van der Waals surface area (Å²) in [5, 5.41) is 10.8. The second-order valence-corrected chi connectivity index (χ2v) is 6.68. The van der Waals surface area contributed by atoms with Gasteiger partial charge in [-0.25, -0.2) is 14.8 Å². The molecule has 2 aromatic heterocycles. The summed E-state index contributed by atoms with van der Waals surface area (Å²) in [6.45, 7) is 2.29. The maximum Gasteiger partial charge on any atom is 0.337 e. The van der Waals surface area contributed by atoms with Crippen LogP contribution in [0.5, 0.6) is 0 Å². The Balaban J connectivity index is 1.82. The lowest BCUT2D eigenvalue weighted by Gasteiger charge is -2.08. The lowest BCUT2D eigenvalue weighted by atomic mass is 10.2. The molecule has 2 heterocycles. The first kappa shape index (κ1) is 18.9. The van der Waals surface area contributed by atoms with E-state index >= 15 is 0 Å². The van der Waals surface area contributed by atoms with Gasteiger partial charge < -0.3 is 14.8 Å². The summed E-state index contributed by atoms with van der Waals surface area (Å²) < 4.78 is 9.91. The zero-order chi connectivity index (χ0) is 19.2. The number of esters is 1. The topological polar surface area (TPSA) is 102 Å². The minimum Gasteiger partial charge on any atom is -0.465 e. The van der Waals surface area contributed by atoms with Crippen LogP contribution in [0.3, 0.4) is 0 Å². The number of rotatable bonds is 7. The SMILES string of the molecule is COCc1cc(Nc2cc(C)[nH]n2)nc(Sc2ccc(C(=O)OC)cc2)n1. The largest absolute Gasteiger partial charge is 0.465 e. The van der Waals surface area contributed by atoms with Crippen molar-refractivity contribution in [2.75, 3.05) is 19.5 Å². The van der Waals surface area contributed by atoms with Gasteiger partial charge in [0, 0.05) is 29.8 Å². The Labute approximate surface area is 160 Å². The molecular formula is C18H19N5O3S. The highest BCUT2D eigenvalue weighted by molar-refractivity contribution is 7.99. The van der Waals surface area contributed by atoms with Crippen LogP contribution in [-0.4, -0.2) is 40.4 Å². The molecule has 0 aliphatic heterocycles. The van der Waals surface area contributed by atoms with E-state index < -0.39 is 0 Å². The average molecular weight is 385 g/mol. The van der Waals surface area contributed by atoms with E-state index in [4.69, 9.17) is 9.47 Å². The fourth-order valence-electron chi connectivity index (χ4n) is 2.30. The predicted molar refractivity (Wildman–Crippen MR) is 101 cm³/mol. The van der Waals surface area contributed by atoms with Crippen molar-refractivity contribution in [2.24, 2.45) is 0 Å². The molecule has 0 bridgehead atoms. The van der Waals surface area contributed by atoms with Crippen LogP contribution in [0.15, 0.2) is 46.5 Å².